The summed E-state index contributed by atoms with van der Waals surface area (Å²) in [6.45, 7) is 0. The predicted octanol–water partition coefficient (Wildman–Crippen LogP) is -0.201. The summed E-state index contributed by atoms with van der Waals surface area (Å²) in [6, 6.07) is 5.12. The summed E-state index contributed by atoms with van der Waals surface area (Å²) in [7, 11) is 0. The van der Waals surface area contributed by atoms with Gasteiger partial charge in [0, 0.05) is 0 Å². The van der Waals surface area contributed by atoms with E-state index >= 15 is 0 Å². The van der Waals surface area contributed by atoms with Crippen molar-refractivity contribution in [1.29, 1.82) is 36.8 Å². The molecular formula is C8N8. The first-order valence-electron chi connectivity index (χ1n) is 3.24. The molecule has 0 saturated heterocycles. The van der Waals surface area contributed by atoms with Gasteiger partial charge in [0.05, 0.1) is 0 Å². The molecule has 0 amide bonds. The van der Waals surface area contributed by atoms with Gasteiger partial charge in [0.15, 0.2) is 0 Å². The Hall–Kier alpha value is -3.77. The van der Waals surface area contributed by atoms with Crippen LogP contribution < -0.4 is 0 Å². The highest BCUT2D eigenvalue weighted by Crippen LogP contribution is 2.09. The van der Waals surface area contributed by atoms with Gasteiger partial charge in [-0.05, 0) is 0 Å². The topological polar surface area (TPSA) is 170 Å². The van der Waals surface area contributed by atoms with Crippen LogP contribution in [0.25, 0.3) is 0 Å². The maximum atomic E-state index is 8.06. The third kappa shape index (κ3) is 4.30. The van der Waals surface area contributed by atoms with Crippen LogP contribution in [0.4, 0.5) is 0 Å². The summed E-state index contributed by atoms with van der Waals surface area (Å²) in [6.07, 6.45) is 3.94. The number of hydrogen-bond acceptors (Lipinski definition) is 8. The van der Waals surface area contributed by atoms with Gasteiger partial charge in [0.1, 0.15) is 24.3 Å². The molecular weight excluding hydrogens is 208 g/mol. The number of nitrogens with zero attached hydrogens (tertiary/aromatic N) is 8. The summed E-state index contributed by atoms with van der Waals surface area (Å²) in [5.41, 5.74) is -2.11. The van der Waals surface area contributed by atoms with E-state index in [9.17, 15) is 0 Å². The fourth-order valence-corrected chi connectivity index (χ4v) is 0.217. The Bertz CT molecular complexity index is 431. The van der Waals surface area contributed by atoms with Gasteiger partial charge in [0.25, 0.3) is 0 Å². The highest BCUT2D eigenvalue weighted by molar-refractivity contribution is 5.35. The second-order valence-corrected chi connectivity index (χ2v) is 1.83. The van der Waals surface area contributed by atoms with Crippen molar-refractivity contribution >= 4 is 0 Å². The first kappa shape index (κ1) is 14.7. The molecule has 8 nitrogen and oxygen atoms in total. The predicted molar refractivity (Wildman–Crippen MR) is 43.6 cm³/mol. The fraction of sp³-hybridized carbons (Fsp3) is 0.125. The number of nitriles is 7. The lowest BCUT2D eigenvalue weighted by molar-refractivity contribution is 0.761. The Morgan fingerprint density at radius 3 is 0.812 bits per heavy atom. The first-order chi connectivity index (χ1) is 7.59. The van der Waals surface area contributed by atoms with Crippen LogP contribution >= 0.6 is 0 Å². The molecule has 0 spiro atoms. The summed E-state index contributed by atoms with van der Waals surface area (Å²) < 4.78 is 0. The summed E-state index contributed by atoms with van der Waals surface area (Å²) >= 11 is 0. The van der Waals surface area contributed by atoms with Gasteiger partial charge < -0.3 is 0 Å². The molecule has 0 aromatic rings. The highest BCUT2D eigenvalue weighted by Gasteiger charge is 2.28. The fourth-order valence-electron chi connectivity index (χ4n) is 0.217. The van der Waals surface area contributed by atoms with Crippen molar-refractivity contribution < 1.29 is 0 Å². The van der Waals surface area contributed by atoms with Crippen LogP contribution in [-0.2, 0) is 0 Å². The van der Waals surface area contributed by atoms with Gasteiger partial charge in [-0.2, -0.15) is 36.8 Å². The Morgan fingerprint density at radius 2 is 0.812 bits per heavy atom. The van der Waals surface area contributed by atoms with Gasteiger partial charge in [-0.1, -0.05) is 0 Å². The minimum atomic E-state index is -2.11. The third-order valence-corrected chi connectivity index (χ3v) is 0.971. The van der Waals surface area contributed by atoms with Crippen LogP contribution in [-0.4, -0.2) is 4.90 Å². The Kier molecular flexibility index (Phi) is 7.24. The molecule has 0 fully saturated rings. The van der Waals surface area contributed by atoms with Crippen LogP contribution in [0.2, 0.25) is 0 Å². The van der Waals surface area contributed by atoms with Crippen LogP contribution in [0.3, 0.4) is 0 Å². The maximum Gasteiger partial charge on any atom is 0.312 e. The van der Waals surface area contributed by atoms with Gasteiger partial charge in [-0.3, -0.25) is 0 Å². The molecule has 72 valence electrons. The van der Waals surface area contributed by atoms with Crippen molar-refractivity contribution in [2.75, 3.05) is 0 Å². The van der Waals surface area contributed by atoms with Crippen LogP contribution in [0.5, 0.6) is 0 Å². The zero-order chi connectivity index (χ0) is 13.0. The zero-order valence-electron chi connectivity index (χ0n) is 7.58. The summed E-state index contributed by atoms with van der Waals surface area (Å²) in [5, 5.41) is 55.5. The van der Waals surface area contributed by atoms with Crippen molar-refractivity contribution in [1.82, 2.24) is 4.90 Å². The molecule has 16 heavy (non-hydrogen) atoms. The standard InChI is InChI=1S/C5N4.C3N4/c6-1-5(2-7,3-8)4-9;4-1-7(2-5)3-6. The Labute approximate surface area is 90.8 Å². The molecule has 0 aliphatic heterocycles. The van der Waals surface area contributed by atoms with Crippen molar-refractivity contribution in [3.8, 4) is 42.9 Å². The molecule has 0 N–H and O–H groups in total. The SMILES string of the molecule is N#CC(C#N)(C#N)C#N.N#CN(C#N)C#N. The number of rotatable bonds is 0. The lowest BCUT2D eigenvalue weighted by atomic mass is 9.97. The van der Waals surface area contributed by atoms with Crippen LogP contribution in [0, 0.1) is 85.1 Å². The average Bonchev–Trinajstić information content (AvgIpc) is 2.36. The molecule has 0 aromatic heterocycles. The van der Waals surface area contributed by atoms with E-state index in [0.717, 1.165) is 0 Å². The van der Waals surface area contributed by atoms with Crippen molar-refractivity contribution in [3.63, 3.8) is 0 Å². The highest BCUT2D eigenvalue weighted by atomic mass is 15.1. The molecule has 0 aromatic carbocycles. The van der Waals surface area contributed by atoms with Crippen LogP contribution in [0.15, 0.2) is 0 Å². The number of hydrogen-bond donors (Lipinski definition) is 0. The summed E-state index contributed by atoms with van der Waals surface area (Å²) in [5.74, 6) is 0. The van der Waals surface area contributed by atoms with Crippen molar-refractivity contribution in [2.24, 2.45) is 5.41 Å². The lowest BCUT2D eigenvalue weighted by Crippen LogP contribution is -2.08. The van der Waals surface area contributed by atoms with E-state index in [1.807, 2.05) is 0 Å². The molecule has 0 unspecified atom stereocenters. The monoisotopic (exact) mass is 208 g/mol. The average molecular weight is 208 g/mol. The summed E-state index contributed by atoms with van der Waals surface area (Å²) in [4.78, 5) is 0.292. The van der Waals surface area contributed by atoms with Crippen molar-refractivity contribution in [3.05, 3.63) is 0 Å². The van der Waals surface area contributed by atoms with E-state index in [4.69, 9.17) is 36.8 Å². The molecule has 0 aliphatic rings. The van der Waals surface area contributed by atoms with E-state index in [1.165, 1.54) is 42.9 Å². The smallest absolute Gasteiger partial charge is 0.194 e. The minimum absolute atomic E-state index is 0.292. The van der Waals surface area contributed by atoms with E-state index in [2.05, 4.69) is 0 Å². The second-order valence-electron chi connectivity index (χ2n) is 1.83. The second kappa shape index (κ2) is 7.86. The minimum Gasteiger partial charge on any atom is -0.194 e. The molecule has 8 heteroatoms. The van der Waals surface area contributed by atoms with E-state index in [0.29, 0.717) is 4.90 Å². The zero-order valence-corrected chi connectivity index (χ0v) is 7.58. The van der Waals surface area contributed by atoms with Crippen LogP contribution in [0.1, 0.15) is 0 Å². The largest absolute Gasteiger partial charge is 0.312 e. The Morgan fingerprint density at radius 1 is 0.562 bits per heavy atom. The molecule has 0 bridgehead atoms. The molecule has 0 atom stereocenters. The Balaban J connectivity index is 0. The van der Waals surface area contributed by atoms with Gasteiger partial charge in [-0.15, -0.1) is 4.90 Å². The molecule has 0 radical (unpaired) electrons. The van der Waals surface area contributed by atoms with Crippen molar-refractivity contribution in [2.45, 2.75) is 0 Å². The molecule has 0 heterocycles. The lowest BCUT2D eigenvalue weighted by Gasteiger charge is -1.89. The molecule has 0 rings (SSSR count). The normalized spacial score (nSPS) is 6.31. The molecule has 0 saturated carbocycles. The third-order valence-electron chi connectivity index (χ3n) is 0.971. The van der Waals surface area contributed by atoms with Gasteiger partial charge in [-0.25, -0.2) is 0 Å². The first-order valence-corrected chi connectivity index (χ1v) is 3.24. The molecule has 0 aliphatic carbocycles. The van der Waals surface area contributed by atoms with Gasteiger partial charge >= 0.3 is 5.41 Å². The quantitative estimate of drug-likeness (QED) is 0.388. The van der Waals surface area contributed by atoms with E-state index in [-0.39, 0.29) is 0 Å². The van der Waals surface area contributed by atoms with E-state index in [1.54, 1.807) is 0 Å². The van der Waals surface area contributed by atoms with E-state index < -0.39 is 5.41 Å². The maximum absolute atomic E-state index is 8.06. The van der Waals surface area contributed by atoms with Gasteiger partial charge in [0.2, 0.25) is 18.6 Å².